The second kappa shape index (κ2) is 12.0. The number of nitrogens with zero attached hydrogens (tertiary/aromatic N) is 2. The Morgan fingerprint density at radius 2 is 0.941 bits per heavy atom. The summed E-state index contributed by atoms with van der Waals surface area (Å²) in [6, 6.07) is 70.7. The maximum absolute atomic E-state index is 2.52. The molecule has 0 radical (unpaired) electrons. The van der Waals surface area contributed by atoms with E-state index >= 15 is 0 Å². The van der Waals surface area contributed by atoms with Crippen LogP contribution in [0.2, 0.25) is 0 Å². The number of aromatic nitrogens is 2. The first-order valence-electron chi connectivity index (χ1n) is 17.7. The monoisotopic (exact) mass is 650 g/mol. The zero-order valence-electron chi connectivity index (χ0n) is 28.1. The SMILES string of the molecule is c1ccc(Cc2cc(-c3ccccc3)ccc2-n2c3ccccc3c3cccc(-c4ccc5c6ccccc6n(-c6ccccc6)c5c4)c32)cc1. The Hall–Kier alpha value is -6.64. The number of benzene rings is 8. The van der Waals surface area contributed by atoms with Crippen molar-refractivity contribution in [3.63, 3.8) is 0 Å². The predicted octanol–water partition coefficient (Wildman–Crippen LogP) is 12.8. The molecule has 0 bridgehead atoms. The molecule has 0 spiro atoms. The molecule has 0 atom stereocenters. The van der Waals surface area contributed by atoms with Gasteiger partial charge in [-0.25, -0.2) is 0 Å². The van der Waals surface area contributed by atoms with Gasteiger partial charge in [0.2, 0.25) is 0 Å². The van der Waals surface area contributed by atoms with Crippen molar-refractivity contribution in [1.82, 2.24) is 9.13 Å². The molecule has 0 aliphatic carbocycles. The molecule has 2 heterocycles. The van der Waals surface area contributed by atoms with Crippen molar-refractivity contribution in [1.29, 1.82) is 0 Å². The van der Waals surface area contributed by atoms with Crippen LogP contribution in [0, 0.1) is 0 Å². The Balaban J connectivity index is 1.26. The number of rotatable bonds is 6. The third kappa shape index (κ3) is 4.87. The summed E-state index contributed by atoms with van der Waals surface area (Å²) in [4.78, 5) is 0. The molecule has 0 amide bonds. The molecule has 2 nitrogen and oxygen atoms in total. The molecule has 0 aliphatic rings. The highest BCUT2D eigenvalue weighted by Gasteiger charge is 2.20. The van der Waals surface area contributed by atoms with Gasteiger partial charge in [-0.05, 0) is 76.7 Å². The molecular formula is C49H34N2. The van der Waals surface area contributed by atoms with Gasteiger partial charge < -0.3 is 9.13 Å². The third-order valence-corrected chi connectivity index (χ3v) is 10.4. The smallest absolute Gasteiger partial charge is 0.0619 e. The van der Waals surface area contributed by atoms with Crippen LogP contribution in [0.1, 0.15) is 11.1 Å². The van der Waals surface area contributed by atoms with Crippen LogP contribution in [-0.2, 0) is 6.42 Å². The maximum Gasteiger partial charge on any atom is 0.0619 e. The minimum Gasteiger partial charge on any atom is -0.309 e. The van der Waals surface area contributed by atoms with Crippen LogP contribution >= 0.6 is 0 Å². The van der Waals surface area contributed by atoms with E-state index in [2.05, 4.69) is 203 Å². The van der Waals surface area contributed by atoms with Crippen molar-refractivity contribution in [2.45, 2.75) is 6.42 Å². The van der Waals surface area contributed by atoms with Gasteiger partial charge in [0.05, 0.1) is 22.1 Å². The summed E-state index contributed by atoms with van der Waals surface area (Å²) in [5, 5.41) is 5.03. The molecule has 8 aromatic carbocycles. The van der Waals surface area contributed by atoms with Crippen molar-refractivity contribution in [2.75, 3.05) is 0 Å². The lowest BCUT2D eigenvalue weighted by atomic mass is 9.97. The quantitative estimate of drug-likeness (QED) is 0.169. The lowest BCUT2D eigenvalue weighted by molar-refractivity contribution is 1.09. The van der Waals surface area contributed by atoms with Gasteiger partial charge in [-0.2, -0.15) is 0 Å². The van der Waals surface area contributed by atoms with Gasteiger partial charge in [-0.15, -0.1) is 0 Å². The summed E-state index contributed by atoms with van der Waals surface area (Å²) in [5.74, 6) is 0. The molecule has 0 unspecified atom stereocenters. The lowest BCUT2D eigenvalue weighted by Gasteiger charge is -2.18. The fourth-order valence-electron chi connectivity index (χ4n) is 8.07. The highest BCUT2D eigenvalue weighted by Crippen LogP contribution is 2.41. The molecule has 0 saturated carbocycles. The van der Waals surface area contributed by atoms with Crippen LogP contribution in [0.5, 0.6) is 0 Å². The van der Waals surface area contributed by atoms with E-state index in [1.807, 2.05) is 0 Å². The van der Waals surface area contributed by atoms with Gasteiger partial charge in [0.15, 0.2) is 0 Å². The van der Waals surface area contributed by atoms with Crippen LogP contribution in [-0.4, -0.2) is 9.13 Å². The fraction of sp³-hybridized carbons (Fsp3) is 0.0204. The minimum atomic E-state index is 0.830. The van der Waals surface area contributed by atoms with Gasteiger partial charge in [0, 0.05) is 38.5 Å². The van der Waals surface area contributed by atoms with Gasteiger partial charge in [-0.3, -0.25) is 0 Å². The number of hydrogen-bond acceptors (Lipinski definition) is 0. The largest absolute Gasteiger partial charge is 0.309 e. The minimum absolute atomic E-state index is 0.830. The number of fused-ring (bicyclic) bond motifs is 6. The first-order valence-corrected chi connectivity index (χ1v) is 17.7. The lowest BCUT2D eigenvalue weighted by Crippen LogP contribution is -2.02. The van der Waals surface area contributed by atoms with Crippen molar-refractivity contribution < 1.29 is 0 Å². The molecule has 0 N–H and O–H groups in total. The first kappa shape index (κ1) is 29.3. The van der Waals surface area contributed by atoms with E-state index in [-0.39, 0.29) is 0 Å². The van der Waals surface area contributed by atoms with E-state index < -0.39 is 0 Å². The van der Waals surface area contributed by atoms with Crippen molar-refractivity contribution in [3.05, 3.63) is 205 Å². The maximum atomic E-state index is 2.52. The van der Waals surface area contributed by atoms with Crippen molar-refractivity contribution >= 4 is 43.6 Å². The Morgan fingerprint density at radius 1 is 0.353 bits per heavy atom. The van der Waals surface area contributed by atoms with Crippen LogP contribution in [0.3, 0.4) is 0 Å². The summed E-state index contributed by atoms with van der Waals surface area (Å²) in [5.41, 5.74) is 14.7. The summed E-state index contributed by atoms with van der Waals surface area (Å²) in [6.45, 7) is 0. The molecule has 0 aliphatic heterocycles. The van der Waals surface area contributed by atoms with Crippen molar-refractivity contribution in [2.24, 2.45) is 0 Å². The average molecular weight is 651 g/mol. The van der Waals surface area contributed by atoms with Gasteiger partial charge in [0.25, 0.3) is 0 Å². The summed E-state index contributed by atoms with van der Waals surface area (Å²) in [6.07, 6.45) is 0.830. The predicted molar refractivity (Wildman–Crippen MR) is 215 cm³/mol. The van der Waals surface area contributed by atoms with Crippen molar-refractivity contribution in [3.8, 4) is 33.6 Å². The van der Waals surface area contributed by atoms with E-state index in [4.69, 9.17) is 0 Å². The highest BCUT2D eigenvalue weighted by atomic mass is 15.0. The second-order valence-corrected chi connectivity index (χ2v) is 13.3. The number of hydrogen-bond donors (Lipinski definition) is 0. The molecule has 0 saturated heterocycles. The highest BCUT2D eigenvalue weighted by molar-refractivity contribution is 6.15. The molecule has 2 heteroatoms. The molecule has 240 valence electrons. The van der Waals surface area contributed by atoms with E-state index in [9.17, 15) is 0 Å². The molecule has 51 heavy (non-hydrogen) atoms. The molecule has 0 fully saturated rings. The molecular weight excluding hydrogens is 617 g/mol. The van der Waals surface area contributed by atoms with Crippen LogP contribution < -0.4 is 0 Å². The Labute approximate surface area is 297 Å². The van der Waals surface area contributed by atoms with Crippen LogP contribution in [0.15, 0.2) is 194 Å². The molecule has 10 aromatic rings. The average Bonchev–Trinajstić information content (AvgIpc) is 3.72. The Morgan fingerprint density at radius 3 is 1.71 bits per heavy atom. The zero-order valence-corrected chi connectivity index (χ0v) is 28.1. The fourth-order valence-corrected chi connectivity index (χ4v) is 8.07. The normalized spacial score (nSPS) is 11.6. The molecule has 2 aromatic heterocycles. The number of para-hydroxylation sites is 4. The van der Waals surface area contributed by atoms with E-state index in [0.29, 0.717) is 0 Å². The summed E-state index contributed by atoms with van der Waals surface area (Å²) >= 11 is 0. The third-order valence-electron chi connectivity index (χ3n) is 10.4. The van der Waals surface area contributed by atoms with E-state index in [1.165, 1.54) is 82.7 Å². The molecule has 10 rings (SSSR count). The standard InChI is InChI=1S/C49H34N2/c1-4-15-34(16-5-1)31-38-32-36(35-17-6-2-7-18-35)28-30-45(38)51-47-26-13-11-22-42(47)44-24-14-23-40(49(44)51)37-27-29-43-41-21-10-12-25-46(41)50(48(43)33-37)39-19-8-3-9-20-39/h1-30,32-33H,31H2. The van der Waals surface area contributed by atoms with Crippen LogP contribution in [0.4, 0.5) is 0 Å². The summed E-state index contributed by atoms with van der Waals surface area (Å²) < 4.78 is 4.92. The summed E-state index contributed by atoms with van der Waals surface area (Å²) in [7, 11) is 0. The van der Waals surface area contributed by atoms with Gasteiger partial charge in [-0.1, -0.05) is 152 Å². The Kier molecular flexibility index (Phi) is 6.92. The van der Waals surface area contributed by atoms with Crippen LogP contribution in [0.25, 0.3) is 77.2 Å². The topological polar surface area (TPSA) is 9.86 Å². The van der Waals surface area contributed by atoms with E-state index in [1.54, 1.807) is 0 Å². The van der Waals surface area contributed by atoms with Gasteiger partial charge >= 0.3 is 0 Å². The van der Waals surface area contributed by atoms with E-state index in [0.717, 1.165) is 12.1 Å². The zero-order chi connectivity index (χ0) is 33.7. The van der Waals surface area contributed by atoms with Gasteiger partial charge in [0.1, 0.15) is 0 Å². The first-order chi connectivity index (χ1) is 25.3. The Bertz CT molecular complexity index is 2860. The second-order valence-electron chi connectivity index (χ2n) is 13.3.